The van der Waals surface area contributed by atoms with E-state index in [4.69, 9.17) is 11.6 Å². The van der Waals surface area contributed by atoms with Crippen LogP contribution in [0.1, 0.15) is 49.4 Å². The Morgan fingerprint density at radius 2 is 2.07 bits per heavy atom. The van der Waals surface area contributed by atoms with E-state index in [-0.39, 0.29) is 34.4 Å². The minimum Gasteiger partial charge on any atom is -0.478 e. The summed E-state index contributed by atoms with van der Waals surface area (Å²) >= 11 is 5.92. The van der Waals surface area contributed by atoms with Crippen LogP contribution in [0, 0.1) is 11.8 Å². The molecule has 0 radical (unpaired) electrons. The number of amides is 2. The normalized spacial score (nSPS) is 28.2. The van der Waals surface area contributed by atoms with Crippen molar-refractivity contribution in [2.75, 3.05) is 5.01 Å². The van der Waals surface area contributed by atoms with E-state index in [1.807, 2.05) is 0 Å². The molecule has 0 spiro atoms. The lowest BCUT2D eigenvalue weighted by Crippen LogP contribution is -2.50. The zero-order valence-corrected chi connectivity index (χ0v) is 16.8. The van der Waals surface area contributed by atoms with Gasteiger partial charge in [0.25, 0.3) is 5.91 Å². The number of anilines is 1. The molecule has 1 saturated carbocycles. The van der Waals surface area contributed by atoms with Crippen LogP contribution in [0.25, 0.3) is 0 Å². The van der Waals surface area contributed by atoms with Gasteiger partial charge in [0.15, 0.2) is 0 Å². The Balaban J connectivity index is 1.58. The second-order valence-corrected chi connectivity index (χ2v) is 8.26. The number of nitrogens with zero attached hydrogens (tertiary/aromatic N) is 2. The Morgan fingerprint density at radius 3 is 2.83 bits per heavy atom. The second kappa shape index (κ2) is 7.63. The highest BCUT2D eigenvalue weighted by atomic mass is 35.5. The average Bonchev–Trinajstić information content (AvgIpc) is 2.97. The number of carbonyl (C=O) groups is 3. The lowest BCUT2D eigenvalue weighted by molar-refractivity contribution is -0.128. The number of aromatic carboxylic acids is 1. The Bertz CT molecular complexity index is 955. The van der Waals surface area contributed by atoms with E-state index in [1.54, 1.807) is 19.1 Å². The van der Waals surface area contributed by atoms with E-state index < -0.39 is 5.97 Å². The van der Waals surface area contributed by atoms with Gasteiger partial charge in [0.2, 0.25) is 5.91 Å². The molecular weight excluding hydrogens is 394 g/mol. The monoisotopic (exact) mass is 415 g/mol. The number of piperidine rings is 1. The molecule has 2 aliphatic heterocycles. The number of nitrogens with one attached hydrogen (secondary N) is 1. The summed E-state index contributed by atoms with van der Waals surface area (Å²) < 4.78 is 0. The molecule has 1 aromatic carbocycles. The summed E-state index contributed by atoms with van der Waals surface area (Å²) in [5.41, 5.74) is 1.10. The maximum absolute atomic E-state index is 13.0. The quantitative estimate of drug-likeness (QED) is 0.739. The molecule has 2 amide bonds. The first-order chi connectivity index (χ1) is 13.8. The molecule has 7 nitrogen and oxygen atoms in total. The highest BCUT2D eigenvalue weighted by Crippen LogP contribution is 2.35. The van der Waals surface area contributed by atoms with Crippen molar-refractivity contribution in [3.8, 4) is 0 Å². The Hall–Kier alpha value is -2.67. The Morgan fingerprint density at radius 1 is 1.31 bits per heavy atom. The van der Waals surface area contributed by atoms with Gasteiger partial charge in [-0.2, -0.15) is 10.1 Å². The first kappa shape index (κ1) is 19.6. The number of carboxylic acid groups (broad SMARTS) is 1. The second-order valence-electron chi connectivity index (χ2n) is 7.85. The van der Waals surface area contributed by atoms with Gasteiger partial charge in [0.1, 0.15) is 0 Å². The van der Waals surface area contributed by atoms with Gasteiger partial charge in [-0.1, -0.05) is 30.5 Å². The third-order valence-corrected chi connectivity index (χ3v) is 6.32. The van der Waals surface area contributed by atoms with Crippen molar-refractivity contribution in [3.05, 3.63) is 40.4 Å². The fourth-order valence-corrected chi connectivity index (χ4v) is 4.64. The summed E-state index contributed by atoms with van der Waals surface area (Å²) in [7, 11) is 0. The summed E-state index contributed by atoms with van der Waals surface area (Å²) in [6.45, 7) is 1.71. The molecule has 0 bridgehead atoms. The summed E-state index contributed by atoms with van der Waals surface area (Å²) in [6.07, 6.45) is 6.90. The van der Waals surface area contributed by atoms with E-state index in [0.29, 0.717) is 22.9 Å². The van der Waals surface area contributed by atoms with E-state index in [0.717, 1.165) is 30.7 Å². The topological polar surface area (TPSA) is 99.1 Å². The van der Waals surface area contributed by atoms with Crippen molar-refractivity contribution in [2.24, 2.45) is 16.9 Å². The smallest absolute Gasteiger partial charge is 0.337 e. The summed E-state index contributed by atoms with van der Waals surface area (Å²) in [5.74, 6) is -1.51. The highest BCUT2D eigenvalue weighted by Gasteiger charge is 2.38. The van der Waals surface area contributed by atoms with Crippen molar-refractivity contribution in [2.45, 2.75) is 45.1 Å². The van der Waals surface area contributed by atoms with Crippen molar-refractivity contribution >= 4 is 40.8 Å². The molecule has 2 fully saturated rings. The van der Waals surface area contributed by atoms with Crippen LogP contribution in [0.15, 0.2) is 34.9 Å². The highest BCUT2D eigenvalue weighted by molar-refractivity contribution is 6.34. The molecule has 3 atom stereocenters. The van der Waals surface area contributed by atoms with Crippen molar-refractivity contribution in [1.29, 1.82) is 0 Å². The number of fused-ring (bicyclic) bond motifs is 1. The van der Waals surface area contributed by atoms with Crippen LogP contribution in [0.2, 0.25) is 5.02 Å². The standard InChI is InChI=1S/C21H22ClN3O4/c1-11-15(9-13-8-12-4-2-3-5-18(12)23-19(13)26)20(27)25(24-11)14-6-7-17(22)16(10-14)21(28)29/h6-7,9-10,12-13,18H,2-5,8H2,1H3,(H,23,26)(H,28,29)/b15-9+. The third kappa shape index (κ3) is 3.67. The molecule has 1 aromatic rings. The van der Waals surface area contributed by atoms with E-state index in [9.17, 15) is 19.5 Å². The van der Waals surface area contributed by atoms with Crippen molar-refractivity contribution in [1.82, 2.24) is 5.32 Å². The van der Waals surface area contributed by atoms with Gasteiger partial charge < -0.3 is 10.4 Å². The average molecular weight is 416 g/mol. The molecule has 1 saturated heterocycles. The zero-order valence-electron chi connectivity index (χ0n) is 16.0. The van der Waals surface area contributed by atoms with Gasteiger partial charge in [0, 0.05) is 6.04 Å². The van der Waals surface area contributed by atoms with Gasteiger partial charge in [-0.3, -0.25) is 9.59 Å². The number of carboxylic acids is 1. The number of hydrazone groups is 1. The van der Waals surface area contributed by atoms with Gasteiger partial charge >= 0.3 is 5.97 Å². The number of hydrogen-bond acceptors (Lipinski definition) is 4. The molecule has 3 aliphatic rings. The number of hydrogen-bond donors (Lipinski definition) is 2. The minimum absolute atomic E-state index is 0.0423. The molecule has 29 heavy (non-hydrogen) atoms. The van der Waals surface area contributed by atoms with Crippen molar-refractivity contribution in [3.63, 3.8) is 0 Å². The summed E-state index contributed by atoms with van der Waals surface area (Å²) in [6, 6.07) is 4.55. The molecule has 4 rings (SSSR count). The van der Waals surface area contributed by atoms with Gasteiger partial charge in [0.05, 0.1) is 33.5 Å². The third-order valence-electron chi connectivity index (χ3n) is 5.99. The number of halogens is 1. The predicted octanol–water partition coefficient (Wildman–Crippen LogP) is 3.38. The van der Waals surface area contributed by atoms with Crippen LogP contribution in [0.5, 0.6) is 0 Å². The first-order valence-electron chi connectivity index (χ1n) is 9.80. The number of rotatable bonds is 3. The van der Waals surface area contributed by atoms with Crippen LogP contribution >= 0.6 is 11.6 Å². The molecule has 1 aliphatic carbocycles. The molecule has 0 aromatic heterocycles. The van der Waals surface area contributed by atoms with Crippen molar-refractivity contribution < 1.29 is 19.5 Å². The maximum Gasteiger partial charge on any atom is 0.337 e. The lowest BCUT2D eigenvalue weighted by Gasteiger charge is -2.38. The largest absolute Gasteiger partial charge is 0.478 e. The van der Waals surface area contributed by atoms with Gasteiger partial charge in [-0.05, 0) is 50.3 Å². The Labute approximate surface area is 173 Å². The molecule has 3 unspecified atom stereocenters. The van der Waals surface area contributed by atoms with E-state index >= 15 is 0 Å². The molecule has 2 N–H and O–H groups in total. The van der Waals surface area contributed by atoms with Crippen LogP contribution in [0.4, 0.5) is 5.69 Å². The number of benzene rings is 1. The minimum atomic E-state index is -1.18. The van der Waals surface area contributed by atoms with Crippen LogP contribution in [-0.4, -0.2) is 34.6 Å². The first-order valence-corrected chi connectivity index (χ1v) is 10.2. The van der Waals surface area contributed by atoms with Gasteiger partial charge in [-0.25, -0.2) is 4.79 Å². The van der Waals surface area contributed by atoms with Crippen LogP contribution in [-0.2, 0) is 9.59 Å². The fraction of sp³-hybridized carbons (Fsp3) is 0.429. The SMILES string of the molecule is CC1=NN(c2ccc(Cl)c(C(=O)O)c2)C(=O)/C1=C/C1CC2CCCCC2NC1=O. The Kier molecular flexibility index (Phi) is 5.17. The molecule has 2 heterocycles. The van der Waals surface area contributed by atoms with Crippen LogP contribution < -0.4 is 10.3 Å². The molecule has 8 heteroatoms. The number of carbonyl (C=O) groups excluding carboxylic acids is 2. The van der Waals surface area contributed by atoms with Gasteiger partial charge in [-0.15, -0.1) is 0 Å². The molecular formula is C21H22ClN3O4. The van der Waals surface area contributed by atoms with Crippen LogP contribution in [0.3, 0.4) is 0 Å². The zero-order chi connectivity index (χ0) is 20.7. The van der Waals surface area contributed by atoms with E-state index in [2.05, 4.69) is 10.4 Å². The fourth-order valence-electron chi connectivity index (χ4n) is 4.44. The summed E-state index contributed by atoms with van der Waals surface area (Å²) in [4.78, 5) is 36.9. The summed E-state index contributed by atoms with van der Waals surface area (Å²) in [5, 5.41) is 17.9. The van der Waals surface area contributed by atoms with E-state index in [1.165, 1.54) is 18.6 Å². The predicted molar refractivity (Wildman–Crippen MR) is 109 cm³/mol. The lowest BCUT2D eigenvalue weighted by atomic mass is 9.75. The molecule has 152 valence electrons. The maximum atomic E-state index is 13.0.